The molecule has 1 aliphatic carbocycles. The summed E-state index contributed by atoms with van der Waals surface area (Å²) in [5.74, 6) is -0.0749. The largest absolute Gasteiger partial charge is 0.397 e. The molecule has 2 aromatic rings. The van der Waals surface area contributed by atoms with Crippen LogP contribution in [0.25, 0.3) is 10.2 Å². The van der Waals surface area contributed by atoms with Crippen LogP contribution in [0.4, 0.5) is 5.69 Å². The lowest BCUT2D eigenvalue weighted by molar-refractivity contribution is 0.0825. The van der Waals surface area contributed by atoms with Gasteiger partial charge >= 0.3 is 0 Å². The van der Waals surface area contributed by atoms with Crippen molar-refractivity contribution >= 4 is 33.1 Å². The van der Waals surface area contributed by atoms with E-state index in [9.17, 15) is 4.79 Å². The second-order valence-electron chi connectivity index (χ2n) is 5.88. The lowest BCUT2D eigenvalue weighted by atomic mass is 9.75. The van der Waals surface area contributed by atoms with Gasteiger partial charge in [0.15, 0.2) is 0 Å². The highest BCUT2D eigenvalue weighted by Gasteiger charge is 2.37. The molecule has 3 rings (SSSR count). The summed E-state index contributed by atoms with van der Waals surface area (Å²) in [5, 5.41) is 12.3. The van der Waals surface area contributed by atoms with E-state index in [1.54, 1.807) is 0 Å². The molecule has 0 aromatic carbocycles. The molecule has 0 radical (unpaired) electrons. The number of anilines is 1. The van der Waals surface area contributed by atoms with Crippen LogP contribution in [-0.2, 0) is 0 Å². The molecule has 6 heteroatoms. The van der Waals surface area contributed by atoms with Crippen LogP contribution in [0.1, 0.15) is 53.5 Å². The maximum atomic E-state index is 12.6. The molecule has 21 heavy (non-hydrogen) atoms. The number of hydrogen-bond donors (Lipinski definition) is 2. The molecule has 0 unspecified atom stereocenters. The molecule has 1 aliphatic rings. The van der Waals surface area contributed by atoms with Crippen LogP contribution in [0, 0.1) is 13.8 Å². The van der Waals surface area contributed by atoms with Crippen LogP contribution in [0.3, 0.4) is 0 Å². The summed E-state index contributed by atoms with van der Waals surface area (Å²) in [6, 6.07) is 0. The minimum absolute atomic E-state index is 0.0314. The summed E-state index contributed by atoms with van der Waals surface area (Å²) in [6.45, 7) is 5.99. The number of nitrogens with one attached hydrogen (secondary N) is 1. The Bertz CT molecular complexity index is 713. The highest BCUT2D eigenvalue weighted by atomic mass is 32.1. The van der Waals surface area contributed by atoms with Crippen molar-refractivity contribution < 1.29 is 4.79 Å². The summed E-state index contributed by atoms with van der Waals surface area (Å²) >= 11 is 1.33. The minimum atomic E-state index is -0.0749. The Kier molecular flexibility index (Phi) is 3.36. The van der Waals surface area contributed by atoms with Gasteiger partial charge < -0.3 is 11.1 Å². The Labute approximate surface area is 127 Å². The van der Waals surface area contributed by atoms with Crippen molar-refractivity contribution in [1.82, 2.24) is 15.5 Å². The number of amides is 1. The maximum absolute atomic E-state index is 12.6. The maximum Gasteiger partial charge on any atom is 0.264 e. The Morgan fingerprint density at radius 1 is 1.38 bits per heavy atom. The topological polar surface area (TPSA) is 80.9 Å². The Balaban J connectivity index is 1.99. The van der Waals surface area contributed by atoms with Crippen LogP contribution < -0.4 is 11.1 Å². The van der Waals surface area contributed by atoms with Gasteiger partial charge in [-0.25, -0.2) is 0 Å². The number of aromatic nitrogens is 2. The Morgan fingerprint density at radius 2 is 2.10 bits per heavy atom. The van der Waals surface area contributed by atoms with Gasteiger partial charge in [-0.2, -0.15) is 5.10 Å². The molecule has 0 aliphatic heterocycles. The smallest absolute Gasteiger partial charge is 0.264 e. The zero-order valence-corrected chi connectivity index (χ0v) is 13.4. The lowest BCUT2D eigenvalue weighted by Gasteiger charge is -2.41. The monoisotopic (exact) mass is 304 g/mol. The van der Waals surface area contributed by atoms with Gasteiger partial charge in [-0.15, -0.1) is 16.4 Å². The van der Waals surface area contributed by atoms with Crippen LogP contribution in [0.5, 0.6) is 0 Å². The number of nitrogens with two attached hydrogens (primary N) is 1. The van der Waals surface area contributed by atoms with E-state index in [1.807, 2.05) is 13.8 Å². The van der Waals surface area contributed by atoms with Gasteiger partial charge in [0.2, 0.25) is 0 Å². The van der Waals surface area contributed by atoms with Gasteiger partial charge in [-0.1, -0.05) is 6.92 Å². The molecule has 0 saturated heterocycles. The van der Waals surface area contributed by atoms with E-state index in [2.05, 4.69) is 22.4 Å². The van der Waals surface area contributed by atoms with Crippen LogP contribution in [0.2, 0.25) is 0 Å². The third kappa shape index (κ3) is 2.18. The molecule has 3 N–H and O–H groups in total. The Morgan fingerprint density at radius 3 is 2.67 bits per heavy atom. The molecule has 1 fully saturated rings. The van der Waals surface area contributed by atoms with Gasteiger partial charge in [0.25, 0.3) is 5.91 Å². The molecular weight excluding hydrogens is 284 g/mol. The number of nitrogen functional groups attached to an aromatic ring is 1. The van der Waals surface area contributed by atoms with Crippen molar-refractivity contribution in [2.45, 2.75) is 52.0 Å². The summed E-state index contributed by atoms with van der Waals surface area (Å²) in [4.78, 5) is 13.9. The van der Waals surface area contributed by atoms with E-state index in [-0.39, 0.29) is 11.4 Å². The molecule has 0 bridgehead atoms. The van der Waals surface area contributed by atoms with E-state index in [0.717, 1.165) is 40.7 Å². The number of carbonyl (C=O) groups is 1. The average molecular weight is 304 g/mol. The first kappa shape index (κ1) is 14.3. The number of fused-ring (bicyclic) bond motifs is 1. The molecule has 112 valence electrons. The van der Waals surface area contributed by atoms with Crippen LogP contribution in [-0.4, -0.2) is 21.6 Å². The second-order valence-corrected chi connectivity index (χ2v) is 6.88. The number of carbonyl (C=O) groups excluding carboxylic acids is 1. The molecule has 1 amide bonds. The van der Waals surface area contributed by atoms with Crippen molar-refractivity contribution in [2.75, 3.05) is 5.73 Å². The first-order valence-corrected chi connectivity index (χ1v) is 8.13. The first-order valence-electron chi connectivity index (χ1n) is 7.32. The van der Waals surface area contributed by atoms with Crippen molar-refractivity contribution in [3.63, 3.8) is 0 Å². The number of nitrogens with zero attached hydrogens (tertiary/aromatic N) is 2. The minimum Gasteiger partial charge on any atom is -0.397 e. The quantitative estimate of drug-likeness (QED) is 0.913. The highest BCUT2D eigenvalue weighted by Crippen LogP contribution is 2.38. The molecule has 2 aromatic heterocycles. The molecule has 1 saturated carbocycles. The van der Waals surface area contributed by atoms with Crippen molar-refractivity contribution in [1.29, 1.82) is 0 Å². The van der Waals surface area contributed by atoms with E-state index in [1.165, 1.54) is 17.8 Å². The van der Waals surface area contributed by atoms with Gasteiger partial charge in [-0.05, 0) is 45.1 Å². The summed E-state index contributed by atoms with van der Waals surface area (Å²) in [6.07, 6.45) is 4.25. The number of hydrogen-bond acceptors (Lipinski definition) is 5. The fourth-order valence-electron chi connectivity index (χ4n) is 2.88. The fourth-order valence-corrected chi connectivity index (χ4v) is 3.87. The van der Waals surface area contributed by atoms with E-state index < -0.39 is 0 Å². The third-order valence-electron chi connectivity index (χ3n) is 4.71. The van der Waals surface area contributed by atoms with Gasteiger partial charge in [0.1, 0.15) is 9.71 Å². The van der Waals surface area contributed by atoms with Gasteiger partial charge in [-0.3, -0.25) is 4.79 Å². The standard InChI is InChI=1S/C15H20N4OS/c1-4-15(6-5-7-15)17-13(20)12-11(16)10-8(2)9(3)18-19-14(10)21-12/h4-7,16H2,1-3H3,(H,17,20). The van der Waals surface area contributed by atoms with Gasteiger partial charge in [0, 0.05) is 10.9 Å². The van der Waals surface area contributed by atoms with Crippen molar-refractivity contribution in [2.24, 2.45) is 0 Å². The second kappa shape index (κ2) is 4.94. The highest BCUT2D eigenvalue weighted by molar-refractivity contribution is 7.21. The molecular formula is C15H20N4OS. The fraction of sp³-hybridized carbons (Fsp3) is 0.533. The van der Waals surface area contributed by atoms with Crippen molar-refractivity contribution in [3.8, 4) is 0 Å². The van der Waals surface area contributed by atoms with E-state index >= 15 is 0 Å². The SMILES string of the molecule is CCC1(NC(=O)c2sc3nnc(C)c(C)c3c2N)CCC1. The molecule has 0 atom stereocenters. The number of aryl methyl sites for hydroxylation is 2. The average Bonchev–Trinajstić information content (AvgIpc) is 2.76. The van der Waals surface area contributed by atoms with Gasteiger partial charge in [0.05, 0.1) is 11.4 Å². The molecule has 0 spiro atoms. The lowest BCUT2D eigenvalue weighted by Crippen LogP contribution is -2.52. The van der Waals surface area contributed by atoms with E-state index in [0.29, 0.717) is 10.6 Å². The predicted octanol–water partition coefficient (Wildman–Crippen LogP) is 2.95. The van der Waals surface area contributed by atoms with E-state index in [4.69, 9.17) is 5.73 Å². The normalized spacial score (nSPS) is 16.7. The van der Waals surface area contributed by atoms with Crippen LogP contribution in [0.15, 0.2) is 0 Å². The predicted molar refractivity (Wildman–Crippen MR) is 85.6 cm³/mol. The number of rotatable bonds is 3. The summed E-state index contributed by atoms with van der Waals surface area (Å²) in [5.41, 5.74) is 8.57. The molecule has 2 heterocycles. The molecule has 5 nitrogen and oxygen atoms in total. The Hall–Kier alpha value is -1.69. The third-order valence-corrected chi connectivity index (χ3v) is 5.80. The zero-order chi connectivity index (χ0) is 15.2. The number of thiophene rings is 1. The summed E-state index contributed by atoms with van der Waals surface area (Å²) < 4.78 is 0. The van der Waals surface area contributed by atoms with Crippen molar-refractivity contribution in [3.05, 3.63) is 16.1 Å². The summed E-state index contributed by atoms with van der Waals surface area (Å²) in [7, 11) is 0. The van der Waals surface area contributed by atoms with Crippen LogP contribution >= 0.6 is 11.3 Å². The first-order chi connectivity index (χ1) is 9.97. The zero-order valence-electron chi connectivity index (χ0n) is 12.6.